The zero-order chi connectivity index (χ0) is 16.0. The molecule has 0 aliphatic rings. The van der Waals surface area contributed by atoms with Gasteiger partial charge in [-0.3, -0.25) is 4.90 Å². The van der Waals surface area contributed by atoms with E-state index >= 15 is 0 Å². The molecule has 0 radical (unpaired) electrons. The molecule has 2 nitrogen and oxygen atoms in total. The number of benzene rings is 1. The van der Waals surface area contributed by atoms with Gasteiger partial charge < -0.3 is 5.32 Å². The highest BCUT2D eigenvalue weighted by molar-refractivity contribution is 5.21. The van der Waals surface area contributed by atoms with Gasteiger partial charge in [-0.2, -0.15) is 13.2 Å². The number of hydrogen-bond donors (Lipinski definition) is 1. The van der Waals surface area contributed by atoms with Crippen molar-refractivity contribution < 1.29 is 17.6 Å². The molecule has 1 unspecified atom stereocenters. The molecule has 0 aliphatic heterocycles. The van der Waals surface area contributed by atoms with E-state index in [-0.39, 0.29) is 24.4 Å². The first-order chi connectivity index (χ1) is 9.74. The molecule has 1 aromatic carbocycles. The summed E-state index contributed by atoms with van der Waals surface area (Å²) in [5.74, 6) is -0.344. The van der Waals surface area contributed by atoms with E-state index in [1.807, 2.05) is 0 Å². The molecule has 0 amide bonds. The summed E-state index contributed by atoms with van der Waals surface area (Å²) in [5, 5.41) is 2.97. The monoisotopic (exact) mass is 306 g/mol. The van der Waals surface area contributed by atoms with Crippen molar-refractivity contribution in [1.29, 1.82) is 0 Å². The molecule has 120 valence electrons. The van der Waals surface area contributed by atoms with Gasteiger partial charge in [-0.1, -0.05) is 18.2 Å². The molecule has 0 saturated carbocycles. The Morgan fingerprint density at radius 2 is 1.81 bits per heavy atom. The van der Waals surface area contributed by atoms with Crippen LogP contribution in [0.2, 0.25) is 0 Å². The molecule has 6 heteroatoms. The van der Waals surface area contributed by atoms with E-state index in [4.69, 9.17) is 0 Å². The molecule has 0 fully saturated rings. The second-order valence-corrected chi connectivity index (χ2v) is 5.33. The van der Waals surface area contributed by atoms with E-state index in [1.54, 1.807) is 39.1 Å². The van der Waals surface area contributed by atoms with Crippen molar-refractivity contribution in [2.75, 3.05) is 20.1 Å². The van der Waals surface area contributed by atoms with Gasteiger partial charge in [0, 0.05) is 24.2 Å². The second kappa shape index (κ2) is 7.75. The quantitative estimate of drug-likeness (QED) is 0.772. The van der Waals surface area contributed by atoms with Gasteiger partial charge in [-0.05, 0) is 33.4 Å². The van der Waals surface area contributed by atoms with Gasteiger partial charge in [0.2, 0.25) is 0 Å². The van der Waals surface area contributed by atoms with Gasteiger partial charge in [-0.25, -0.2) is 4.39 Å². The molecule has 0 aromatic heterocycles. The Morgan fingerprint density at radius 3 is 2.29 bits per heavy atom. The minimum atomic E-state index is -4.22. The zero-order valence-corrected chi connectivity index (χ0v) is 12.5. The van der Waals surface area contributed by atoms with Crippen LogP contribution in [0.4, 0.5) is 17.6 Å². The average Bonchev–Trinajstić information content (AvgIpc) is 2.38. The second-order valence-electron chi connectivity index (χ2n) is 5.33. The Kier molecular flexibility index (Phi) is 6.61. The van der Waals surface area contributed by atoms with Gasteiger partial charge in [-0.15, -0.1) is 0 Å². The van der Waals surface area contributed by atoms with Crippen LogP contribution >= 0.6 is 0 Å². The lowest BCUT2D eigenvalue weighted by molar-refractivity contribution is -0.149. The predicted molar refractivity (Wildman–Crippen MR) is 75.6 cm³/mol. The van der Waals surface area contributed by atoms with Crippen LogP contribution in [-0.4, -0.2) is 37.3 Å². The third-order valence-electron chi connectivity index (χ3n) is 3.45. The van der Waals surface area contributed by atoms with Gasteiger partial charge in [0.1, 0.15) is 5.82 Å². The maximum atomic E-state index is 13.7. The Morgan fingerprint density at radius 1 is 1.19 bits per heavy atom. The summed E-state index contributed by atoms with van der Waals surface area (Å²) in [7, 11) is 1.68. The standard InChI is InChI=1S/C15H22F4N2/c1-11(2)21(10-15(17,18)19)9-8-14(20-3)12-6-4-5-7-13(12)16/h4-7,11,14,20H,8-10H2,1-3H3. The maximum Gasteiger partial charge on any atom is 0.401 e. The first kappa shape index (κ1) is 17.9. The third kappa shape index (κ3) is 6.01. The third-order valence-corrected chi connectivity index (χ3v) is 3.45. The Bertz CT molecular complexity index is 432. The topological polar surface area (TPSA) is 15.3 Å². The lowest BCUT2D eigenvalue weighted by Crippen LogP contribution is -2.40. The number of alkyl halides is 3. The molecule has 0 spiro atoms. The molecular formula is C15H22F4N2. The minimum Gasteiger partial charge on any atom is -0.313 e. The first-order valence-corrected chi connectivity index (χ1v) is 6.97. The molecule has 0 bridgehead atoms. The maximum absolute atomic E-state index is 13.7. The molecule has 0 heterocycles. The van der Waals surface area contributed by atoms with Crippen molar-refractivity contribution in [2.24, 2.45) is 0 Å². The highest BCUT2D eigenvalue weighted by Crippen LogP contribution is 2.22. The van der Waals surface area contributed by atoms with Crippen molar-refractivity contribution in [3.63, 3.8) is 0 Å². The number of rotatable bonds is 7. The van der Waals surface area contributed by atoms with Crippen molar-refractivity contribution in [2.45, 2.75) is 38.5 Å². The largest absolute Gasteiger partial charge is 0.401 e. The van der Waals surface area contributed by atoms with Crippen LogP contribution in [0.1, 0.15) is 31.9 Å². The molecule has 1 rings (SSSR count). The first-order valence-electron chi connectivity index (χ1n) is 6.97. The van der Waals surface area contributed by atoms with E-state index in [0.29, 0.717) is 12.0 Å². The molecule has 0 aliphatic carbocycles. The number of nitrogens with one attached hydrogen (secondary N) is 1. The summed E-state index contributed by atoms with van der Waals surface area (Å²) >= 11 is 0. The van der Waals surface area contributed by atoms with Crippen LogP contribution in [0, 0.1) is 5.82 Å². The van der Waals surface area contributed by atoms with E-state index in [0.717, 1.165) is 0 Å². The fraction of sp³-hybridized carbons (Fsp3) is 0.600. The van der Waals surface area contributed by atoms with Gasteiger partial charge in [0.05, 0.1) is 6.54 Å². The predicted octanol–water partition coefficient (Wildman–Crippen LogP) is 3.75. The number of nitrogens with zero attached hydrogens (tertiary/aromatic N) is 1. The van der Waals surface area contributed by atoms with Crippen LogP contribution in [0.15, 0.2) is 24.3 Å². The van der Waals surface area contributed by atoms with E-state index in [1.165, 1.54) is 11.0 Å². The van der Waals surface area contributed by atoms with Crippen molar-refractivity contribution in [3.05, 3.63) is 35.6 Å². The van der Waals surface area contributed by atoms with E-state index in [9.17, 15) is 17.6 Å². The minimum absolute atomic E-state index is 0.218. The zero-order valence-electron chi connectivity index (χ0n) is 12.5. The highest BCUT2D eigenvalue weighted by atomic mass is 19.4. The van der Waals surface area contributed by atoms with Crippen molar-refractivity contribution >= 4 is 0 Å². The fourth-order valence-corrected chi connectivity index (χ4v) is 2.26. The van der Waals surface area contributed by atoms with E-state index < -0.39 is 12.7 Å². The summed E-state index contributed by atoms with van der Waals surface area (Å²) in [4.78, 5) is 1.35. The Balaban J connectivity index is 2.71. The highest BCUT2D eigenvalue weighted by Gasteiger charge is 2.31. The average molecular weight is 306 g/mol. The lowest BCUT2D eigenvalue weighted by atomic mass is 10.0. The van der Waals surface area contributed by atoms with Gasteiger partial charge in [0.15, 0.2) is 0 Å². The molecule has 21 heavy (non-hydrogen) atoms. The normalized spacial score (nSPS) is 14.0. The fourth-order valence-electron chi connectivity index (χ4n) is 2.26. The van der Waals surface area contributed by atoms with Crippen LogP contribution in [0.3, 0.4) is 0 Å². The summed E-state index contributed by atoms with van der Waals surface area (Å²) in [6.07, 6.45) is -3.82. The van der Waals surface area contributed by atoms with Gasteiger partial charge in [0.25, 0.3) is 0 Å². The smallest absolute Gasteiger partial charge is 0.313 e. The molecule has 1 atom stereocenters. The molecule has 1 N–H and O–H groups in total. The van der Waals surface area contributed by atoms with Crippen molar-refractivity contribution in [1.82, 2.24) is 10.2 Å². The molecular weight excluding hydrogens is 284 g/mol. The number of hydrogen-bond acceptors (Lipinski definition) is 2. The summed E-state index contributed by atoms with van der Waals surface area (Å²) in [6.45, 7) is 2.75. The van der Waals surface area contributed by atoms with Crippen LogP contribution in [0.25, 0.3) is 0 Å². The lowest BCUT2D eigenvalue weighted by Gasteiger charge is -2.29. The number of halogens is 4. The Labute approximate surface area is 123 Å². The summed E-state index contributed by atoms with van der Waals surface area (Å²) in [6, 6.07) is 5.80. The van der Waals surface area contributed by atoms with Gasteiger partial charge >= 0.3 is 6.18 Å². The van der Waals surface area contributed by atoms with E-state index in [2.05, 4.69) is 5.32 Å². The van der Waals surface area contributed by atoms with Crippen molar-refractivity contribution in [3.8, 4) is 0 Å². The molecule has 0 saturated heterocycles. The van der Waals surface area contributed by atoms with Crippen LogP contribution in [-0.2, 0) is 0 Å². The Hall–Kier alpha value is -1.14. The molecule has 1 aromatic rings. The summed E-state index contributed by atoms with van der Waals surface area (Å²) < 4.78 is 51.4. The van der Waals surface area contributed by atoms with Crippen LogP contribution < -0.4 is 5.32 Å². The SMILES string of the molecule is CNC(CCN(CC(F)(F)F)C(C)C)c1ccccc1F. The summed E-state index contributed by atoms with van der Waals surface area (Å²) in [5.41, 5.74) is 0.482. The van der Waals surface area contributed by atoms with Crippen LogP contribution in [0.5, 0.6) is 0 Å².